The number of urea groups is 1. The second-order valence-electron chi connectivity index (χ2n) is 10.9. The van der Waals surface area contributed by atoms with Crippen LogP contribution in [0.2, 0.25) is 0 Å². The predicted molar refractivity (Wildman–Crippen MR) is 163 cm³/mol. The molecule has 40 heavy (non-hydrogen) atoms. The molecular formula is C32H30N4O3S. The molecule has 202 valence electrons. The van der Waals surface area contributed by atoms with Gasteiger partial charge in [0.25, 0.3) is 0 Å². The summed E-state index contributed by atoms with van der Waals surface area (Å²) >= 11 is 1.43. The van der Waals surface area contributed by atoms with Gasteiger partial charge in [0.15, 0.2) is 5.13 Å². The van der Waals surface area contributed by atoms with Crippen LogP contribution in [0, 0.1) is 13.8 Å². The quantitative estimate of drug-likeness (QED) is 0.181. The fraction of sp³-hybridized carbons (Fsp3) is 0.188. The zero-order chi connectivity index (χ0) is 28.2. The van der Waals surface area contributed by atoms with E-state index in [1.54, 1.807) is 18.2 Å². The highest BCUT2D eigenvalue weighted by atomic mass is 32.1. The molecule has 0 spiro atoms. The predicted octanol–water partition coefficient (Wildman–Crippen LogP) is 8.06. The van der Waals surface area contributed by atoms with Crippen LogP contribution < -0.4 is 15.5 Å². The van der Waals surface area contributed by atoms with Gasteiger partial charge in [-0.15, -0.1) is 0 Å². The number of nitrogens with zero attached hydrogens (tertiary/aromatic N) is 2. The first kappa shape index (κ1) is 25.7. The number of aryl methyl sites for hydroxylation is 2. The lowest BCUT2D eigenvalue weighted by Gasteiger charge is -2.25. The molecule has 0 unspecified atom stereocenters. The van der Waals surface area contributed by atoms with Gasteiger partial charge in [0.2, 0.25) is 0 Å². The van der Waals surface area contributed by atoms with E-state index in [2.05, 4.69) is 40.4 Å². The third-order valence-electron chi connectivity index (χ3n) is 7.34. The number of phenolic OH excluding ortho intramolecular Hbond substituents is 2. The number of carbonyl (C=O) groups excluding carboxylic acids is 1. The summed E-state index contributed by atoms with van der Waals surface area (Å²) in [6.07, 6.45) is 0. The fourth-order valence-electron chi connectivity index (χ4n) is 5.63. The molecule has 5 aromatic rings. The SMILES string of the molecule is Cc1ccc2nc(NC(=O)Nc3ccccc3N3CC(C)(C)c4c(-c5ccc(O)cc5)c(C)cc(O)c43)sc2c1. The number of aromatic hydroxyl groups is 2. The molecule has 0 saturated carbocycles. The largest absolute Gasteiger partial charge is 0.508 e. The molecule has 0 radical (unpaired) electrons. The van der Waals surface area contributed by atoms with Crippen molar-refractivity contribution < 1.29 is 15.0 Å². The second kappa shape index (κ2) is 9.57. The molecule has 0 bridgehead atoms. The van der Waals surface area contributed by atoms with E-state index >= 15 is 0 Å². The van der Waals surface area contributed by atoms with E-state index in [9.17, 15) is 15.0 Å². The summed E-state index contributed by atoms with van der Waals surface area (Å²) in [6, 6.07) is 22.2. The number of para-hydroxylation sites is 2. The second-order valence-corrected chi connectivity index (χ2v) is 11.9. The number of fused-ring (bicyclic) bond motifs is 2. The van der Waals surface area contributed by atoms with Crippen molar-refractivity contribution in [2.45, 2.75) is 33.1 Å². The minimum Gasteiger partial charge on any atom is -0.508 e. The summed E-state index contributed by atoms with van der Waals surface area (Å²) in [5.41, 5.74) is 7.77. The minimum absolute atomic E-state index is 0.185. The van der Waals surface area contributed by atoms with E-state index in [4.69, 9.17) is 0 Å². The maximum Gasteiger partial charge on any atom is 0.325 e. The molecule has 0 fully saturated rings. The smallest absolute Gasteiger partial charge is 0.325 e. The lowest BCUT2D eigenvalue weighted by Crippen LogP contribution is -2.27. The molecule has 7 nitrogen and oxygen atoms in total. The number of anilines is 4. The average molecular weight is 551 g/mol. The lowest BCUT2D eigenvalue weighted by atomic mass is 9.80. The molecule has 8 heteroatoms. The maximum absolute atomic E-state index is 13.1. The number of amides is 2. The third kappa shape index (κ3) is 4.50. The molecule has 2 heterocycles. The molecule has 1 aliphatic rings. The molecule has 2 amide bonds. The highest BCUT2D eigenvalue weighted by molar-refractivity contribution is 7.22. The first-order valence-electron chi connectivity index (χ1n) is 13.1. The van der Waals surface area contributed by atoms with Crippen LogP contribution in [0.25, 0.3) is 21.3 Å². The van der Waals surface area contributed by atoms with E-state index in [0.717, 1.165) is 49.4 Å². The Labute approximate surface area is 236 Å². The molecule has 4 N–H and O–H groups in total. The van der Waals surface area contributed by atoms with Crippen molar-refractivity contribution in [1.29, 1.82) is 0 Å². The van der Waals surface area contributed by atoms with Crippen molar-refractivity contribution in [3.8, 4) is 22.6 Å². The van der Waals surface area contributed by atoms with Crippen molar-refractivity contribution in [2.75, 3.05) is 22.1 Å². The molecule has 1 aliphatic heterocycles. The molecule has 0 saturated heterocycles. The average Bonchev–Trinajstić information content (AvgIpc) is 3.42. The van der Waals surface area contributed by atoms with Crippen molar-refractivity contribution in [3.63, 3.8) is 0 Å². The summed E-state index contributed by atoms with van der Waals surface area (Å²) < 4.78 is 1.02. The van der Waals surface area contributed by atoms with Crippen LogP contribution in [0.15, 0.2) is 72.8 Å². The molecule has 0 aliphatic carbocycles. The van der Waals surface area contributed by atoms with Crippen LogP contribution in [0.4, 0.5) is 27.0 Å². The van der Waals surface area contributed by atoms with Gasteiger partial charge in [-0.25, -0.2) is 9.78 Å². The van der Waals surface area contributed by atoms with Gasteiger partial charge in [-0.05, 0) is 84.1 Å². The number of hydrogen-bond donors (Lipinski definition) is 4. The van der Waals surface area contributed by atoms with E-state index in [1.807, 2.05) is 62.4 Å². The van der Waals surface area contributed by atoms with Gasteiger partial charge < -0.3 is 20.4 Å². The Morgan fingerprint density at radius 1 is 0.975 bits per heavy atom. The molecule has 0 atom stereocenters. The van der Waals surface area contributed by atoms with E-state index < -0.39 is 0 Å². The maximum atomic E-state index is 13.1. The van der Waals surface area contributed by atoms with Gasteiger partial charge in [0.1, 0.15) is 11.5 Å². The van der Waals surface area contributed by atoms with Gasteiger partial charge in [0.05, 0.1) is 27.3 Å². The summed E-state index contributed by atoms with van der Waals surface area (Å²) in [6.45, 7) is 8.94. The normalized spacial score (nSPS) is 13.8. The van der Waals surface area contributed by atoms with Crippen LogP contribution in [0.3, 0.4) is 0 Å². The highest BCUT2D eigenvalue weighted by Gasteiger charge is 2.41. The molecule has 1 aromatic heterocycles. The number of aromatic nitrogens is 1. The van der Waals surface area contributed by atoms with Gasteiger partial charge in [-0.3, -0.25) is 5.32 Å². The molecule has 4 aromatic carbocycles. The van der Waals surface area contributed by atoms with E-state index in [-0.39, 0.29) is 22.9 Å². The Morgan fingerprint density at radius 3 is 2.50 bits per heavy atom. The van der Waals surface area contributed by atoms with Crippen LogP contribution in [-0.2, 0) is 5.41 Å². The Hall–Kier alpha value is -4.56. The summed E-state index contributed by atoms with van der Waals surface area (Å²) in [5, 5.41) is 27.5. The van der Waals surface area contributed by atoms with Crippen molar-refractivity contribution in [3.05, 3.63) is 89.5 Å². The Bertz CT molecular complexity index is 1780. The first-order chi connectivity index (χ1) is 19.1. The lowest BCUT2D eigenvalue weighted by molar-refractivity contribution is 0.262. The summed E-state index contributed by atoms with van der Waals surface area (Å²) in [5.74, 6) is 0.390. The molecule has 6 rings (SSSR count). The van der Waals surface area contributed by atoms with Crippen LogP contribution >= 0.6 is 11.3 Å². The Balaban J connectivity index is 1.36. The van der Waals surface area contributed by atoms with Crippen molar-refractivity contribution in [1.82, 2.24) is 4.98 Å². The van der Waals surface area contributed by atoms with Gasteiger partial charge in [0, 0.05) is 12.0 Å². The standard InChI is InChI=1S/C32H30N4O3S/c1-18-9-14-23-26(15-18)40-31(34-23)35-30(39)33-22-7-5-6-8-24(22)36-17-32(3,4)28-27(19(2)16-25(38)29(28)36)20-10-12-21(37)13-11-20/h5-16,37-38H,17H2,1-4H3,(H2,33,34,35,39). The fourth-order valence-corrected chi connectivity index (χ4v) is 6.59. The van der Waals surface area contributed by atoms with Gasteiger partial charge >= 0.3 is 6.03 Å². The Morgan fingerprint density at radius 2 is 1.73 bits per heavy atom. The van der Waals surface area contributed by atoms with E-state index in [1.165, 1.54) is 11.3 Å². The van der Waals surface area contributed by atoms with Gasteiger partial charge in [-0.2, -0.15) is 0 Å². The number of rotatable bonds is 4. The topological polar surface area (TPSA) is 97.7 Å². The van der Waals surface area contributed by atoms with E-state index in [0.29, 0.717) is 17.4 Å². The van der Waals surface area contributed by atoms with Crippen LogP contribution in [0.1, 0.15) is 30.5 Å². The zero-order valence-corrected chi connectivity index (χ0v) is 23.6. The Kier molecular flexibility index (Phi) is 6.15. The zero-order valence-electron chi connectivity index (χ0n) is 22.7. The van der Waals surface area contributed by atoms with Gasteiger partial charge in [-0.1, -0.05) is 55.5 Å². The minimum atomic E-state index is -0.389. The number of hydrogen-bond acceptors (Lipinski definition) is 6. The monoisotopic (exact) mass is 550 g/mol. The summed E-state index contributed by atoms with van der Waals surface area (Å²) in [7, 11) is 0. The van der Waals surface area contributed by atoms with Crippen molar-refractivity contribution >= 4 is 49.8 Å². The van der Waals surface area contributed by atoms with Crippen molar-refractivity contribution in [2.24, 2.45) is 0 Å². The number of carbonyl (C=O) groups is 1. The number of nitrogens with one attached hydrogen (secondary N) is 2. The number of thiazole rings is 1. The molecular weight excluding hydrogens is 520 g/mol. The number of phenols is 2. The highest BCUT2D eigenvalue weighted by Crippen LogP contribution is 2.54. The summed E-state index contributed by atoms with van der Waals surface area (Å²) in [4.78, 5) is 19.7. The number of benzene rings is 4. The van der Waals surface area contributed by atoms with Crippen LogP contribution in [0.5, 0.6) is 11.5 Å². The van der Waals surface area contributed by atoms with Crippen LogP contribution in [-0.4, -0.2) is 27.8 Å². The third-order valence-corrected chi connectivity index (χ3v) is 8.27. The first-order valence-corrected chi connectivity index (χ1v) is 13.9.